The van der Waals surface area contributed by atoms with Crippen molar-refractivity contribution >= 4 is 22.4 Å². The number of benzene rings is 3. The minimum Gasteiger partial charge on any atom is -0.505 e. The zero-order valence-corrected chi connectivity index (χ0v) is 11.4. The fourth-order valence-corrected chi connectivity index (χ4v) is 2.24. The van der Waals surface area contributed by atoms with Crippen LogP contribution < -0.4 is 5.06 Å². The summed E-state index contributed by atoms with van der Waals surface area (Å²) < 4.78 is 12.9. The van der Waals surface area contributed by atoms with Crippen LogP contribution in [-0.2, 0) is 0 Å². The number of nitrogens with zero attached hydrogens (tertiary/aromatic N) is 1. The van der Waals surface area contributed by atoms with Crippen molar-refractivity contribution < 1.29 is 19.5 Å². The van der Waals surface area contributed by atoms with Gasteiger partial charge in [0.25, 0.3) is 5.91 Å². The largest absolute Gasteiger partial charge is 0.505 e. The molecule has 110 valence electrons. The second-order valence-electron chi connectivity index (χ2n) is 4.78. The number of hydrogen-bond donors (Lipinski definition) is 2. The first-order valence-corrected chi connectivity index (χ1v) is 6.57. The van der Waals surface area contributed by atoms with Crippen LogP contribution in [0, 0.1) is 5.82 Å². The Labute approximate surface area is 125 Å². The Morgan fingerprint density at radius 1 is 0.955 bits per heavy atom. The third-order valence-corrected chi connectivity index (χ3v) is 3.39. The smallest absolute Gasteiger partial charge is 0.282 e. The minimum absolute atomic E-state index is 0.0342. The number of carbonyl (C=O) groups excluding carboxylic acids is 1. The van der Waals surface area contributed by atoms with Crippen LogP contribution in [0.4, 0.5) is 10.1 Å². The van der Waals surface area contributed by atoms with Gasteiger partial charge in [-0.25, -0.2) is 4.39 Å². The molecule has 0 bridgehead atoms. The molecule has 0 fully saturated rings. The van der Waals surface area contributed by atoms with Gasteiger partial charge in [-0.05, 0) is 35.7 Å². The quantitative estimate of drug-likeness (QED) is 0.560. The van der Waals surface area contributed by atoms with Crippen molar-refractivity contribution in [3.8, 4) is 5.75 Å². The van der Waals surface area contributed by atoms with Gasteiger partial charge in [0.1, 0.15) is 17.3 Å². The molecule has 0 heterocycles. The molecule has 0 saturated heterocycles. The van der Waals surface area contributed by atoms with Gasteiger partial charge in [-0.2, -0.15) is 5.06 Å². The van der Waals surface area contributed by atoms with Crippen molar-refractivity contribution in [2.75, 3.05) is 5.06 Å². The van der Waals surface area contributed by atoms with E-state index in [9.17, 15) is 19.5 Å². The van der Waals surface area contributed by atoms with Crippen LogP contribution >= 0.6 is 0 Å². The summed E-state index contributed by atoms with van der Waals surface area (Å²) in [5, 5.41) is 22.0. The average Bonchev–Trinajstić information content (AvgIpc) is 2.55. The monoisotopic (exact) mass is 297 g/mol. The highest BCUT2D eigenvalue weighted by Crippen LogP contribution is 2.34. The molecule has 2 N–H and O–H groups in total. The first-order valence-electron chi connectivity index (χ1n) is 6.57. The van der Waals surface area contributed by atoms with E-state index in [2.05, 4.69) is 0 Å². The summed E-state index contributed by atoms with van der Waals surface area (Å²) in [6.45, 7) is 0. The zero-order valence-electron chi connectivity index (χ0n) is 11.4. The summed E-state index contributed by atoms with van der Waals surface area (Å²) in [7, 11) is 0. The van der Waals surface area contributed by atoms with E-state index in [0.29, 0.717) is 10.4 Å². The Kier molecular flexibility index (Phi) is 3.48. The van der Waals surface area contributed by atoms with Crippen LogP contribution in [0.3, 0.4) is 0 Å². The average molecular weight is 297 g/mol. The van der Waals surface area contributed by atoms with E-state index in [1.54, 1.807) is 18.2 Å². The van der Waals surface area contributed by atoms with Crippen molar-refractivity contribution in [3.63, 3.8) is 0 Å². The number of rotatable bonds is 2. The maximum atomic E-state index is 12.9. The van der Waals surface area contributed by atoms with E-state index in [4.69, 9.17) is 0 Å². The highest BCUT2D eigenvalue weighted by molar-refractivity contribution is 6.07. The summed E-state index contributed by atoms with van der Waals surface area (Å²) in [5.74, 6) is -1.43. The molecule has 0 aliphatic rings. The van der Waals surface area contributed by atoms with Gasteiger partial charge in [0.15, 0.2) is 0 Å². The van der Waals surface area contributed by atoms with Crippen molar-refractivity contribution in [1.29, 1.82) is 0 Å². The Balaban J connectivity index is 2.01. The molecule has 1 amide bonds. The summed E-state index contributed by atoms with van der Waals surface area (Å²) in [4.78, 5) is 12.2. The van der Waals surface area contributed by atoms with Gasteiger partial charge in [0.2, 0.25) is 0 Å². The van der Waals surface area contributed by atoms with Crippen LogP contribution in [-0.4, -0.2) is 16.2 Å². The van der Waals surface area contributed by atoms with Crippen molar-refractivity contribution in [2.24, 2.45) is 0 Å². The molecule has 0 saturated carbocycles. The molecule has 3 aromatic rings. The summed E-state index contributed by atoms with van der Waals surface area (Å²) in [6, 6.07) is 15.0. The lowest BCUT2D eigenvalue weighted by molar-refractivity contribution is 0.0852. The van der Waals surface area contributed by atoms with E-state index >= 15 is 0 Å². The molecule has 0 atom stereocenters. The number of phenols is 1. The number of hydrogen-bond acceptors (Lipinski definition) is 3. The number of halogens is 1. The summed E-state index contributed by atoms with van der Waals surface area (Å²) >= 11 is 0. The second kappa shape index (κ2) is 5.46. The van der Waals surface area contributed by atoms with Gasteiger partial charge in [-0.1, -0.05) is 30.3 Å². The third kappa shape index (κ3) is 2.38. The summed E-state index contributed by atoms with van der Waals surface area (Å²) in [6.07, 6.45) is 0. The minimum atomic E-state index is -0.759. The number of aromatic hydroxyl groups is 1. The fraction of sp³-hybridized carbons (Fsp3) is 0. The molecule has 0 aliphatic carbocycles. The molecular formula is C17H12FNO3. The lowest BCUT2D eigenvalue weighted by atomic mass is 10.1. The Hall–Kier alpha value is -2.92. The molecule has 0 aromatic heterocycles. The van der Waals surface area contributed by atoms with E-state index in [0.717, 1.165) is 17.5 Å². The van der Waals surface area contributed by atoms with Gasteiger partial charge in [0.05, 0.1) is 0 Å². The van der Waals surface area contributed by atoms with Crippen LogP contribution in [0.5, 0.6) is 5.75 Å². The van der Waals surface area contributed by atoms with E-state index in [1.165, 1.54) is 18.2 Å². The molecule has 3 rings (SSSR count). The number of amides is 1. The Morgan fingerprint density at radius 2 is 1.64 bits per heavy atom. The Bertz CT molecular complexity index is 846. The highest BCUT2D eigenvalue weighted by Gasteiger charge is 2.20. The molecule has 5 heteroatoms. The number of carbonyl (C=O) groups is 1. The van der Waals surface area contributed by atoms with Gasteiger partial charge in [0, 0.05) is 10.9 Å². The highest BCUT2D eigenvalue weighted by atomic mass is 19.1. The van der Waals surface area contributed by atoms with Gasteiger partial charge in [-0.15, -0.1) is 0 Å². The SMILES string of the molecule is O=C(c1ccc(F)cc1)N(O)c1ccc2ccccc2c1O. The third-order valence-electron chi connectivity index (χ3n) is 3.39. The maximum Gasteiger partial charge on any atom is 0.282 e. The van der Waals surface area contributed by atoms with Crippen LogP contribution in [0.2, 0.25) is 0 Å². The van der Waals surface area contributed by atoms with Gasteiger partial charge >= 0.3 is 0 Å². The van der Waals surface area contributed by atoms with Crippen molar-refractivity contribution in [1.82, 2.24) is 0 Å². The van der Waals surface area contributed by atoms with Crippen molar-refractivity contribution in [3.05, 3.63) is 72.0 Å². The topological polar surface area (TPSA) is 60.8 Å². The number of hydroxylamine groups is 1. The standard InChI is InChI=1S/C17H12FNO3/c18-13-8-5-12(6-9-13)17(21)19(22)15-10-7-11-3-1-2-4-14(11)16(15)20/h1-10,20,22H. The Morgan fingerprint density at radius 3 is 2.36 bits per heavy atom. The number of anilines is 1. The van der Waals surface area contributed by atoms with E-state index in [-0.39, 0.29) is 17.0 Å². The zero-order chi connectivity index (χ0) is 15.7. The molecule has 0 aliphatic heterocycles. The van der Waals surface area contributed by atoms with E-state index < -0.39 is 11.7 Å². The number of phenolic OH excluding ortho intramolecular Hbond substituents is 1. The van der Waals surface area contributed by atoms with Gasteiger partial charge in [-0.3, -0.25) is 10.0 Å². The molecule has 22 heavy (non-hydrogen) atoms. The molecule has 3 aromatic carbocycles. The fourth-order valence-electron chi connectivity index (χ4n) is 2.24. The van der Waals surface area contributed by atoms with E-state index in [1.807, 2.05) is 12.1 Å². The molecular weight excluding hydrogens is 285 g/mol. The second-order valence-corrected chi connectivity index (χ2v) is 4.78. The molecule has 0 spiro atoms. The lowest BCUT2D eigenvalue weighted by Gasteiger charge is -2.17. The maximum absolute atomic E-state index is 12.9. The first-order chi connectivity index (χ1) is 10.6. The van der Waals surface area contributed by atoms with Gasteiger partial charge < -0.3 is 5.11 Å². The molecule has 4 nitrogen and oxygen atoms in total. The number of fused-ring (bicyclic) bond motifs is 1. The van der Waals surface area contributed by atoms with Crippen LogP contribution in [0.1, 0.15) is 10.4 Å². The predicted molar refractivity (Wildman–Crippen MR) is 80.6 cm³/mol. The summed E-state index contributed by atoms with van der Waals surface area (Å²) in [5.41, 5.74) is 0.0736. The van der Waals surface area contributed by atoms with Crippen molar-refractivity contribution in [2.45, 2.75) is 0 Å². The molecule has 0 unspecified atom stereocenters. The first kappa shape index (κ1) is 14.0. The van der Waals surface area contributed by atoms with Crippen LogP contribution in [0.25, 0.3) is 10.8 Å². The molecule has 0 radical (unpaired) electrons. The van der Waals surface area contributed by atoms with Crippen LogP contribution in [0.15, 0.2) is 60.7 Å². The predicted octanol–water partition coefficient (Wildman–Crippen LogP) is 3.72. The lowest BCUT2D eigenvalue weighted by Crippen LogP contribution is -2.27. The normalized spacial score (nSPS) is 10.6.